The summed E-state index contributed by atoms with van der Waals surface area (Å²) in [6.45, 7) is 0. The molecule has 0 aliphatic heterocycles. The number of benzene rings is 3. The monoisotopic (exact) mass is 409 g/mol. The van der Waals surface area contributed by atoms with E-state index in [9.17, 15) is 4.39 Å². The van der Waals surface area contributed by atoms with E-state index >= 15 is 0 Å². The third kappa shape index (κ3) is 4.07. The second-order valence-corrected chi connectivity index (χ2v) is 6.69. The van der Waals surface area contributed by atoms with E-state index in [2.05, 4.69) is 15.5 Å². The smallest absolute Gasteiger partial charge is 0.247 e. The molecule has 1 aromatic heterocycles. The fourth-order valence-corrected chi connectivity index (χ4v) is 3.15. The maximum Gasteiger partial charge on any atom is 0.247 e. The van der Waals surface area contributed by atoms with Gasteiger partial charge in [0.1, 0.15) is 17.6 Å². The van der Waals surface area contributed by atoms with Crippen LogP contribution in [0.15, 0.2) is 77.2 Å². The summed E-state index contributed by atoms with van der Waals surface area (Å²) < 4.78 is 25.9. The Balaban J connectivity index is 1.77. The summed E-state index contributed by atoms with van der Waals surface area (Å²) in [6, 6.07) is 20.2. The molecule has 3 aromatic carbocycles. The highest BCUT2D eigenvalue weighted by Gasteiger charge is 2.25. The Labute approximate surface area is 172 Å². The highest BCUT2D eigenvalue weighted by Crippen LogP contribution is 2.35. The topological polar surface area (TPSA) is 60.2 Å². The molecular weight excluding hydrogens is 393 g/mol. The molecule has 0 unspecified atom stereocenters. The van der Waals surface area contributed by atoms with Gasteiger partial charge in [0.25, 0.3) is 0 Å². The first-order chi connectivity index (χ1) is 14.2. The zero-order chi connectivity index (χ0) is 20.2. The van der Waals surface area contributed by atoms with Gasteiger partial charge < -0.3 is 14.5 Å². The van der Waals surface area contributed by atoms with Crippen LogP contribution in [0.4, 0.5) is 10.1 Å². The molecule has 0 radical (unpaired) electrons. The SMILES string of the molecule is COc1ccc(Cl)cc1N[C@@H](c1nnc(-c2ccccc2)o1)c1ccccc1F. The number of halogens is 2. The normalized spacial score (nSPS) is 11.8. The van der Waals surface area contributed by atoms with Gasteiger partial charge in [-0.3, -0.25) is 0 Å². The van der Waals surface area contributed by atoms with Gasteiger partial charge in [0, 0.05) is 16.1 Å². The van der Waals surface area contributed by atoms with Crippen molar-refractivity contribution in [3.8, 4) is 17.2 Å². The molecule has 146 valence electrons. The van der Waals surface area contributed by atoms with Gasteiger partial charge in [-0.15, -0.1) is 10.2 Å². The molecule has 7 heteroatoms. The van der Waals surface area contributed by atoms with Gasteiger partial charge in [-0.2, -0.15) is 0 Å². The van der Waals surface area contributed by atoms with Gasteiger partial charge in [-0.1, -0.05) is 48.0 Å². The Morgan fingerprint density at radius 3 is 2.52 bits per heavy atom. The molecule has 4 rings (SSSR count). The van der Waals surface area contributed by atoms with Crippen molar-refractivity contribution < 1.29 is 13.5 Å². The van der Waals surface area contributed by atoms with Crippen LogP contribution in [-0.2, 0) is 0 Å². The van der Waals surface area contributed by atoms with E-state index < -0.39 is 11.9 Å². The van der Waals surface area contributed by atoms with E-state index in [0.29, 0.717) is 27.9 Å². The first-order valence-electron chi connectivity index (χ1n) is 8.89. The zero-order valence-corrected chi connectivity index (χ0v) is 16.2. The fourth-order valence-electron chi connectivity index (χ4n) is 2.98. The second-order valence-electron chi connectivity index (χ2n) is 6.25. The largest absolute Gasteiger partial charge is 0.495 e. The minimum atomic E-state index is -0.742. The Bertz CT molecular complexity index is 1120. The van der Waals surface area contributed by atoms with Crippen LogP contribution in [-0.4, -0.2) is 17.3 Å². The van der Waals surface area contributed by atoms with E-state index in [1.54, 1.807) is 43.5 Å². The average molecular weight is 410 g/mol. The number of ether oxygens (including phenoxy) is 1. The van der Waals surface area contributed by atoms with Crippen LogP contribution >= 0.6 is 11.6 Å². The molecule has 0 amide bonds. The van der Waals surface area contributed by atoms with Crippen molar-refractivity contribution >= 4 is 17.3 Å². The molecule has 0 aliphatic carbocycles. The Kier molecular flexibility index (Phi) is 5.44. The van der Waals surface area contributed by atoms with Crippen molar-refractivity contribution in [1.29, 1.82) is 0 Å². The van der Waals surface area contributed by atoms with Crippen LogP contribution in [0, 0.1) is 5.82 Å². The number of aromatic nitrogens is 2. The highest BCUT2D eigenvalue weighted by molar-refractivity contribution is 6.30. The van der Waals surface area contributed by atoms with E-state index in [-0.39, 0.29) is 5.89 Å². The number of methoxy groups -OCH3 is 1. The van der Waals surface area contributed by atoms with Crippen molar-refractivity contribution in [3.05, 3.63) is 95.1 Å². The summed E-state index contributed by atoms with van der Waals surface area (Å²) >= 11 is 6.14. The van der Waals surface area contributed by atoms with E-state index in [1.165, 1.54) is 6.07 Å². The lowest BCUT2D eigenvalue weighted by Gasteiger charge is -2.19. The molecule has 5 nitrogen and oxygen atoms in total. The van der Waals surface area contributed by atoms with E-state index in [4.69, 9.17) is 20.8 Å². The molecule has 0 saturated heterocycles. The molecule has 1 N–H and O–H groups in total. The van der Waals surface area contributed by atoms with Crippen molar-refractivity contribution in [1.82, 2.24) is 10.2 Å². The summed E-state index contributed by atoms with van der Waals surface area (Å²) in [7, 11) is 1.55. The molecule has 0 fully saturated rings. The molecule has 0 bridgehead atoms. The van der Waals surface area contributed by atoms with E-state index in [0.717, 1.165) is 5.56 Å². The first kappa shape index (κ1) is 19.0. The first-order valence-corrected chi connectivity index (χ1v) is 9.27. The molecule has 1 heterocycles. The standard InChI is InChI=1S/C22H17ClFN3O2/c1-28-19-12-11-15(23)13-18(19)25-20(16-9-5-6-10-17(16)24)22-27-26-21(29-22)14-7-3-2-4-8-14/h2-13,20,25H,1H3/t20-/m1/s1. The number of nitrogens with zero attached hydrogens (tertiary/aromatic N) is 2. The quantitative estimate of drug-likeness (QED) is 0.440. The van der Waals surface area contributed by atoms with Crippen molar-refractivity contribution in [2.75, 3.05) is 12.4 Å². The van der Waals surface area contributed by atoms with Crippen LogP contribution in [0.2, 0.25) is 5.02 Å². The summed E-state index contributed by atoms with van der Waals surface area (Å²) in [5.74, 6) is 0.724. The summed E-state index contributed by atoms with van der Waals surface area (Å²) in [5, 5.41) is 12.0. The van der Waals surface area contributed by atoms with Crippen LogP contribution in [0.25, 0.3) is 11.5 Å². The third-order valence-corrected chi connectivity index (χ3v) is 4.62. The lowest BCUT2D eigenvalue weighted by atomic mass is 10.1. The lowest BCUT2D eigenvalue weighted by molar-refractivity contribution is 0.415. The van der Waals surface area contributed by atoms with Crippen LogP contribution in [0.3, 0.4) is 0 Å². The Hall–Kier alpha value is -3.38. The molecule has 4 aromatic rings. The second kappa shape index (κ2) is 8.32. The van der Waals surface area contributed by atoms with Gasteiger partial charge in [-0.05, 0) is 36.4 Å². The number of hydrogen-bond acceptors (Lipinski definition) is 5. The van der Waals surface area contributed by atoms with Crippen molar-refractivity contribution in [2.45, 2.75) is 6.04 Å². The van der Waals surface area contributed by atoms with Crippen molar-refractivity contribution in [2.24, 2.45) is 0 Å². The highest BCUT2D eigenvalue weighted by atomic mass is 35.5. The summed E-state index contributed by atoms with van der Waals surface area (Å²) in [6.07, 6.45) is 0. The number of hydrogen-bond donors (Lipinski definition) is 1. The average Bonchev–Trinajstić information content (AvgIpc) is 3.23. The zero-order valence-electron chi connectivity index (χ0n) is 15.5. The van der Waals surface area contributed by atoms with Gasteiger partial charge in [0.05, 0.1) is 12.8 Å². The Morgan fingerprint density at radius 1 is 1.00 bits per heavy atom. The minimum absolute atomic E-state index is 0.219. The van der Waals surface area contributed by atoms with Crippen molar-refractivity contribution in [3.63, 3.8) is 0 Å². The van der Waals surface area contributed by atoms with Gasteiger partial charge in [0.15, 0.2) is 0 Å². The third-order valence-electron chi connectivity index (χ3n) is 4.39. The molecule has 29 heavy (non-hydrogen) atoms. The maximum atomic E-state index is 14.6. The van der Waals surface area contributed by atoms with Crippen LogP contribution in [0.1, 0.15) is 17.5 Å². The van der Waals surface area contributed by atoms with Gasteiger partial charge in [0.2, 0.25) is 11.8 Å². The predicted molar refractivity (Wildman–Crippen MR) is 110 cm³/mol. The molecule has 0 aliphatic rings. The fraction of sp³-hybridized carbons (Fsp3) is 0.0909. The predicted octanol–water partition coefficient (Wildman–Crippen LogP) is 5.74. The molecule has 0 spiro atoms. The maximum absolute atomic E-state index is 14.6. The van der Waals surface area contributed by atoms with Gasteiger partial charge >= 0.3 is 0 Å². The molecular formula is C22H17ClFN3O2. The lowest BCUT2D eigenvalue weighted by Crippen LogP contribution is -2.15. The number of anilines is 1. The molecule has 1 atom stereocenters. The Morgan fingerprint density at radius 2 is 1.76 bits per heavy atom. The van der Waals surface area contributed by atoms with Gasteiger partial charge in [-0.25, -0.2) is 4.39 Å². The summed E-state index contributed by atoms with van der Waals surface area (Å²) in [4.78, 5) is 0. The van der Waals surface area contributed by atoms with Crippen LogP contribution in [0.5, 0.6) is 5.75 Å². The number of rotatable bonds is 6. The minimum Gasteiger partial charge on any atom is -0.495 e. The molecule has 0 saturated carbocycles. The number of nitrogens with one attached hydrogen (secondary N) is 1. The summed E-state index contributed by atoms with van der Waals surface area (Å²) in [5.41, 5.74) is 1.71. The van der Waals surface area contributed by atoms with E-state index in [1.807, 2.05) is 30.3 Å². The van der Waals surface area contributed by atoms with Crippen LogP contribution < -0.4 is 10.1 Å².